The van der Waals surface area contributed by atoms with Gasteiger partial charge in [-0.25, -0.2) is 0 Å². The minimum absolute atomic E-state index is 0.0836. The highest BCUT2D eigenvalue weighted by atomic mass is 16.6. The van der Waals surface area contributed by atoms with Gasteiger partial charge in [-0.15, -0.1) is 0 Å². The maximum Gasteiger partial charge on any atom is 0.270 e. The van der Waals surface area contributed by atoms with Gasteiger partial charge < -0.3 is 9.80 Å². The molecule has 0 fully saturated rings. The maximum absolute atomic E-state index is 13.4. The number of nitrogens with zero attached hydrogens (tertiary/aromatic N) is 4. The SMILES string of the molecule is O=C(/C=C/c1cccc([N+](=O)[O-])c1)N(CCN(C(=O)/C=C/c1cccc([N+](=O)[O-])c1)c1ccccc1)c1ccccc1. The Morgan fingerprint density at radius 2 is 0.952 bits per heavy atom. The van der Waals surface area contributed by atoms with Gasteiger partial charge in [-0.3, -0.25) is 29.8 Å². The van der Waals surface area contributed by atoms with Crippen LogP contribution in [0.2, 0.25) is 0 Å². The van der Waals surface area contributed by atoms with E-state index in [9.17, 15) is 29.8 Å². The topological polar surface area (TPSA) is 127 Å². The molecule has 0 aliphatic carbocycles. The first-order valence-corrected chi connectivity index (χ1v) is 12.9. The Morgan fingerprint density at radius 3 is 1.31 bits per heavy atom. The van der Waals surface area contributed by atoms with Crippen molar-refractivity contribution >= 4 is 46.7 Å². The van der Waals surface area contributed by atoms with Gasteiger partial charge in [0.15, 0.2) is 0 Å². The van der Waals surface area contributed by atoms with Crippen molar-refractivity contribution in [3.05, 3.63) is 153 Å². The fourth-order valence-corrected chi connectivity index (χ4v) is 4.15. The highest BCUT2D eigenvalue weighted by Gasteiger charge is 2.19. The van der Waals surface area contributed by atoms with Gasteiger partial charge in [0.05, 0.1) is 9.85 Å². The number of nitro groups is 2. The summed E-state index contributed by atoms with van der Waals surface area (Å²) in [5.74, 6) is -0.749. The second-order valence-electron chi connectivity index (χ2n) is 9.02. The lowest BCUT2D eigenvalue weighted by Gasteiger charge is -2.27. The third-order valence-corrected chi connectivity index (χ3v) is 6.21. The summed E-state index contributed by atoms with van der Waals surface area (Å²) in [7, 11) is 0. The van der Waals surface area contributed by atoms with E-state index in [4.69, 9.17) is 0 Å². The molecule has 0 aliphatic rings. The number of nitro benzene ring substituents is 2. The number of carbonyl (C=O) groups is 2. The molecule has 0 bridgehead atoms. The van der Waals surface area contributed by atoms with Crippen LogP contribution in [0.4, 0.5) is 22.7 Å². The first kappa shape index (κ1) is 29.1. The van der Waals surface area contributed by atoms with Crippen LogP contribution < -0.4 is 9.80 Å². The molecule has 42 heavy (non-hydrogen) atoms. The smallest absolute Gasteiger partial charge is 0.270 e. The van der Waals surface area contributed by atoms with Crippen LogP contribution in [0, 0.1) is 20.2 Å². The van der Waals surface area contributed by atoms with Crippen LogP contribution in [0.25, 0.3) is 12.2 Å². The third-order valence-electron chi connectivity index (χ3n) is 6.21. The van der Waals surface area contributed by atoms with Crippen LogP contribution in [0.1, 0.15) is 11.1 Å². The summed E-state index contributed by atoms with van der Waals surface area (Å²) in [5.41, 5.74) is 2.05. The first-order chi connectivity index (χ1) is 20.3. The first-order valence-electron chi connectivity index (χ1n) is 12.9. The van der Waals surface area contributed by atoms with E-state index in [1.165, 1.54) is 58.4 Å². The Kier molecular flexibility index (Phi) is 9.66. The molecule has 4 aromatic carbocycles. The van der Waals surface area contributed by atoms with Gasteiger partial charge in [-0.1, -0.05) is 60.7 Å². The average molecular weight is 563 g/mol. The highest BCUT2D eigenvalue weighted by Crippen LogP contribution is 2.20. The molecule has 0 unspecified atom stereocenters. The van der Waals surface area contributed by atoms with Gasteiger partial charge in [0.1, 0.15) is 0 Å². The number of anilines is 2. The molecule has 10 heteroatoms. The molecule has 0 aliphatic heterocycles. The van der Waals surface area contributed by atoms with Gasteiger partial charge in [-0.05, 0) is 47.5 Å². The number of carbonyl (C=O) groups excluding carboxylic acids is 2. The van der Waals surface area contributed by atoms with E-state index in [1.54, 1.807) is 72.8 Å². The molecule has 0 spiro atoms. The van der Waals surface area contributed by atoms with Crippen molar-refractivity contribution in [2.75, 3.05) is 22.9 Å². The van der Waals surface area contributed by atoms with Crippen molar-refractivity contribution in [3.63, 3.8) is 0 Å². The third kappa shape index (κ3) is 7.82. The summed E-state index contributed by atoms with van der Waals surface area (Å²) >= 11 is 0. The van der Waals surface area contributed by atoms with Gasteiger partial charge in [0.2, 0.25) is 0 Å². The molecule has 4 aromatic rings. The standard InChI is InChI=1S/C32H26N4O6/c37-31(19-17-25-9-7-15-29(23-25)35(39)40)33(27-11-3-1-4-12-27)21-22-34(28-13-5-2-6-14-28)32(38)20-18-26-10-8-16-30(24-26)36(41)42/h1-20,23-24H,21-22H2/b19-17+,20-18+. The monoisotopic (exact) mass is 562 g/mol. The lowest BCUT2D eigenvalue weighted by atomic mass is 10.1. The molecular weight excluding hydrogens is 536 g/mol. The molecular formula is C32H26N4O6. The van der Waals surface area contributed by atoms with E-state index in [-0.39, 0.29) is 36.3 Å². The summed E-state index contributed by atoms with van der Waals surface area (Å²) < 4.78 is 0. The zero-order chi connectivity index (χ0) is 29.9. The van der Waals surface area contributed by atoms with E-state index in [0.29, 0.717) is 22.5 Å². The summed E-state index contributed by atoms with van der Waals surface area (Å²) in [6.45, 7) is 0.265. The van der Waals surface area contributed by atoms with Gasteiger partial charge in [-0.2, -0.15) is 0 Å². The summed E-state index contributed by atoms with van der Waals surface area (Å²) in [4.78, 5) is 51.0. The molecule has 2 amide bonds. The second kappa shape index (κ2) is 13.9. The van der Waals surface area contributed by atoms with Crippen molar-refractivity contribution in [2.45, 2.75) is 0 Å². The van der Waals surface area contributed by atoms with Gasteiger partial charge in [0.25, 0.3) is 23.2 Å². The molecule has 0 saturated carbocycles. The number of para-hydroxylation sites is 2. The minimum atomic E-state index is -0.502. The van der Waals surface area contributed by atoms with Gasteiger partial charge >= 0.3 is 0 Å². The molecule has 0 aromatic heterocycles. The second-order valence-corrected chi connectivity index (χ2v) is 9.02. The Balaban J connectivity index is 1.57. The molecule has 4 rings (SSSR count). The Morgan fingerprint density at radius 1 is 0.571 bits per heavy atom. The Hall–Kier alpha value is -5.90. The van der Waals surface area contributed by atoms with Crippen LogP contribution in [0.15, 0.2) is 121 Å². The van der Waals surface area contributed by atoms with E-state index in [2.05, 4.69) is 0 Å². The predicted octanol–water partition coefficient (Wildman–Crippen LogP) is 6.30. The number of rotatable bonds is 11. The van der Waals surface area contributed by atoms with Crippen LogP contribution in [0.5, 0.6) is 0 Å². The molecule has 10 nitrogen and oxygen atoms in total. The number of amides is 2. The zero-order valence-corrected chi connectivity index (χ0v) is 22.4. The largest absolute Gasteiger partial charge is 0.307 e. The molecule has 0 radical (unpaired) electrons. The van der Waals surface area contributed by atoms with E-state index in [1.807, 2.05) is 12.1 Å². The predicted molar refractivity (Wildman–Crippen MR) is 162 cm³/mol. The summed E-state index contributed by atoms with van der Waals surface area (Å²) in [6.07, 6.45) is 5.69. The Labute approximate surface area is 241 Å². The van der Waals surface area contributed by atoms with E-state index >= 15 is 0 Å². The average Bonchev–Trinajstić information content (AvgIpc) is 3.02. The fraction of sp³-hybridized carbons (Fsp3) is 0.0625. The lowest BCUT2D eigenvalue weighted by molar-refractivity contribution is -0.385. The van der Waals surface area contributed by atoms with Crippen LogP contribution in [0.3, 0.4) is 0 Å². The van der Waals surface area contributed by atoms with Crippen molar-refractivity contribution in [1.29, 1.82) is 0 Å². The number of benzene rings is 4. The quantitative estimate of drug-likeness (QED) is 0.120. The van der Waals surface area contributed by atoms with Crippen LogP contribution in [-0.4, -0.2) is 34.8 Å². The molecule has 0 saturated heterocycles. The Bertz CT molecular complexity index is 1510. The maximum atomic E-state index is 13.4. The summed E-state index contributed by atoms with van der Waals surface area (Å²) in [6, 6.07) is 29.8. The number of hydrogen-bond donors (Lipinski definition) is 0. The van der Waals surface area contributed by atoms with Crippen molar-refractivity contribution < 1.29 is 19.4 Å². The zero-order valence-electron chi connectivity index (χ0n) is 22.4. The molecule has 0 atom stereocenters. The van der Waals surface area contributed by atoms with Crippen molar-refractivity contribution in [3.8, 4) is 0 Å². The van der Waals surface area contributed by atoms with E-state index in [0.717, 1.165) is 0 Å². The van der Waals surface area contributed by atoms with Crippen LogP contribution >= 0.6 is 0 Å². The van der Waals surface area contributed by atoms with Crippen LogP contribution in [-0.2, 0) is 9.59 Å². The molecule has 0 heterocycles. The van der Waals surface area contributed by atoms with Crippen molar-refractivity contribution in [2.24, 2.45) is 0 Å². The molecule has 210 valence electrons. The highest BCUT2D eigenvalue weighted by molar-refractivity contribution is 6.05. The normalized spacial score (nSPS) is 11.0. The minimum Gasteiger partial charge on any atom is -0.307 e. The number of hydrogen-bond acceptors (Lipinski definition) is 6. The summed E-state index contributed by atoms with van der Waals surface area (Å²) in [5, 5.41) is 22.2. The fourth-order valence-electron chi connectivity index (χ4n) is 4.15. The van der Waals surface area contributed by atoms with Gasteiger partial charge in [0, 0.05) is 60.9 Å². The molecule has 0 N–H and O–H groups in total. The lowest BCUT2D eigenvalue weighted by Crippen LogP contribution is -2.40. The number of non-ortho nitro benzene ring substituents is 2. The van der Waals surface area contributed by atoms with E-state index < -0.39 is 9.85 Å². The van der Waals surface area contributed by atoms with Crippen molar-refractivity contribution in [1.82, 2.24) is 0 Å².